The lowest BCUT2D eigenvalue weighted by atomic mass is 10.2. The highest BCUT2D eigenvalue weighted by Crippen LogP contribution is 2.33. The molecule has 132 valence electrons. The van der Waals surface area contributed by atoms with E-state index in [1.807, 2.05) is 0 Å². The van der Waals surface area contributed by atoms with E-state index in [-0.39, 0.29) is 24.1 Å². The second-order valence-corrected chi connectivity index (χ2v) is 6.88. The van der Waals surface area contributed by atoms with Crippen LogP contribution < -0.4 is 4.72 Å². The lowest BCUT2D eigenvalue weighted by Crippen LogP contribution is -2.31. The Morgan fingerprint density at radius 3 is 2.75 bits per heavy atom. The second kappa shape index (κ2) is 6.22. The van der Waals surface area contributed by atoms with Crippen LogP contribution in [-0.2, 0) is 20.9 Å². The van der Waals surface area contributed by atoms with Crippen LogP contribution in [-0.4, -0.2) is 32.8 Å². The Hall–Kier alpha value is -1.85. The van der Waals surface area contributed by atoms with Crippen LogP contribution in [0.5, 0.6) is 0 Å². The molecule has 3 rings (SSSR count). The van der Waals surface area contributed by atoms with Gasteiger partial charge in [0.2, 0.25) is 10.9 Å². The van der Waals surface area contributed by atoms with Crippen LogP contribution in [0.15, 0.2) is 32.2 Å². The SMILES string of the molecule is O=S(=O)(NC[C@@H]1CCCO1)c1ccc(-c2cc(C(F)(F)F)on2)o1. The molecule has 1 aliphatic rings. The molecule has 0 unspecified atom stereocenters. The number of nitrogens with zero attached hydrogens (tertiary/aromatic N) is 1. The minimum Gasteiger partial charge on any atom is -0.441 e. The number of hydrogen-bond donors (Lipinski definition) is 1. The first-order valence-corrected chi connectivity index (χ1v) is 8.49. The smallest absolute Gasteiger partial charge is 0.441 e. The van der Waals surface area contributed by atoms with Crippen LogP contribution >= 0.6 is 0 Å². The van der Waals surface area contributed by atoms with Crippen molar-refractivity contribution in [3.63, 3.8) is 0 Å². The van der Waals surface area contributed by atoms with Gasteiger partial charge in [-0.2, -0.15) is 13.2 Å². The van der Waals surface area contributed by atoms with Gasteiger partial charge in [-0.05, 0) is 25.0 Å². The highest BCUT2D eigenvalue weighted by atomic mass is 32.2. The van der Waals surface area contributed by atoms with E-state index in [2.05, 4.69) is 14.4 Å². The number of nitrogens with one attached hydrogen (secondary N) is 1. The van der Waals surface area contributed by atoms with Gasteiger partial charge in [0, 0.05) is 19.2 Å². The Balaban J connectivity index is 1.73. The van der Waals surface area contributed by atoms with Crippen LogP contribution in [0.3, 0.4) is 0 Å². The monoisotopic (exact) mass is 366 g/mol. The van der Waals surface area contributed by atoms with Crippen molar-refractivity contribution < 1.29 is 35.3 Å². The van der Waals surface area contributed by atoms with Gasteiger partial charge in [0.25, 0.3) is 10.0 Å². The molecule has 0 saturated carbocycles. The second-order valence-electron chi connectivity index (χ2n) is 5.18. The van der Waals surface area contributed by atoms with Crippen LogP contribution in [0.2, 0.25) is 0 Å². The molecule has 2 aromatic heterocycles. The van der Waals surface area contributed by atoms with Crippen molar-refractivity contribution in [1.82, 2.24) is 9.88 Å². The average molecular weight is 366 g/mol. The van der Waals surface area contributed by atoms with E-state index >= 15 is 0 Å². The number of furan rings is 1. The summed E-state index contributed by atoms with van der Waals surface area (Å²) in [5.41, 5.74) is -0.247. The number of hydrogen-bond acceptors (Lipinski definition) is 6. The van der Waals surface area contributed by atoms with Gasteiger partial charge in [-0.15, -0.1) is 0 Å². The van der Waals surface area contributed by atoms with Crippen molar-refractivity contribution in [2.75, 3.05) is 13.2 Å². The van der Waals surface area contributed by atoms with E-state index in [1.165, 1.54) is 6.07 Å². The third-order valence-electron chi connectivity index (χ3n) is 3.41. The lowest BCUT2D eigenvalue weighted by Gasteiger charge is -2.09. The number of halogens is 3. The fraction of sp³-hybridized carbons (Fsp3) is 0.462. The summed E-state index contributed by atoms with van der Waals surface area (Å²) < 4.78 is 78.6. The molecule has 3 heterocycles. The first-order valence-electron chi connectivity index (χ1n) is 7.01. The molecule has 1 N–H and O–H groups in total. The van der Waals surface area contributed by atoms with Crippen molar-refractivity contribution in [2.24, 2.45) is 0 Å². The lowest BCUT2D eigenvalue weighted by molar-refractivity contribution is -0.155. The standard InChI is InChI=1S/C13H13F3N2O5S/c14-13(15,16)11-6-9(18-23-11)10-3-4-12(22-10)24(19,20)17-7-8-2-1-5-21-8/h3-4,6,8,17H,1-2,5,7H2/t8-/m0/s1. The van der Waals surface area contributed by atoms with Crippen molar-refractivity contribution in [1.29, 1.82) is 0 Å². The predicted molar refractivity (Wildman–Crippen MR) is 73.4 cm³/mol. The molecular weight excluding hydrogens is 353 g/mol. The van der Waals surface area contributed by atoms with Gasteiger partial charge >= 0.3 is 6.18 Å². The summed E-state index contributed by atoms with van der Waals surface area (Å²) in [4.78, 5) is 0. The number of sulfonamides is 1. The van der Waals surface area contributed by atoms with Crippen molar-refractivity contribution in [3.8, 4) is 11.5 Å². The van der Waals surface area contributed by atoms with E-state index in [9.17, 15) is 21.6 Å². The van der Waals surface area contributed by atoms with Crippen LogP contribution in [0.25, 0.3) is 11.5 Å². The quantitative estimate of drug-likeness (QED) is 0.873. The molecule has 1 atom stereocenters. The van der Waals surface area contributed by atoms with Gasteiger partial charge in [0.05, 0.1) is 6.10 Å². The Morgan fingerprint density at radius 1 is 1.33 bits per heavy atom. The fourth-order valence-corrected chi connectivity index (χ4v) is 3.20. The first kappa shape index (κ1) is 17.0. The molecule has 2 aromatic rings. The minimum atomic E-state index is -4.68. The first-order chi connectivity index (χ1) is 11.3. The van der Waals surface area contributed by atoms with Crippen molar-refractivity contribution in [3.05, 3.63) is 24.0 Å². The van der Waals surface area contributed by atoms with Gasteiger partial charge in [-0.25, -0.2) is 13.1 Å². The molecule has 0 aliphatic carbocycles. The van der Waals surface area contributed by atoms with Crippen molar-refractivity contribution >= 4 is 10.0 Å². The predicted octanol–water partition coefficient (Wildman–Crippen LogP) is 2.41. The van der Waals surface area contributed by atoms with E-state index < -0.39 is 27.1 Å². The number of rotatable bonds is 5. The maximum atomic E-state index is 12.5. The molecular formula is C13H13F3N2O5S. The third-order valence-corrected chi connectivity index (χ3v) is 4.71. The zero-order chi connectivity index (χ0) is 17.4. The highest BCUT2D eigenvalue weighted by molar-refractivity contribution is 7.89. The average Bonchev–Trinajstić information content (AvgIpc) is 3.23. The van der Waals surface area contributed by atoms with E-state index in [0.29, 0.717) is 12.7 Å². The summed E-state index contributed by atoms with van der Waals surface area (Å²) in [5.74, 6) is -1.44. The molecule has 1 saturated heterocycles. The maximum absolute atomic E-state index is 12.5. The summed E-state index contributed by atoms with van der Waals surface area (Å²) in [6, 6.07) is 2.97. The Kier molecular flexibility index (Phi) is 4.40. The molecule has 0 bridgehead atoms. The van der Waals surface area contributed by atoms with Gasteiger partial charge in [-0.1, -0.05) is 5.16 Å². The normalized spacial score (nSPS) is 19.0. The van der Waals surface area contributed by atoms with Crippen molar-refractivity contribution in [2.45, 2.75) is 30.2 Å². The molecule has 7 nitrogen and oxygen atoms in total. The van der Waals surface area contributed by atoms with E-state index in [0.717, 1.165) is 18.9 Å². The molecule has 1 aliphatic heterocycles. The molecule has 0 aromatic carbocycles. The number of ether oxygens (including phenoxy) is 1. The van der Waals surface area contributed by atoms with Gasteiger partial charge in [0.1, 0.15) is 5.69 Å². The van der Waals surface area contributed by atoms with Crippen LogP contribution in [0.1, 0.15) is 18.6 Å². The molecule has 0 amide bonds. The molecule has 24 heavy (non-hydrogen) atoms. The van der Waals surface area contributed by atoms with Crippen LogP contribution in [0.4, 0.5) is 13.2 Å². The molecule has 11 heteroatoms. The van der Waals surface area contributed by atoms with Gasteiger partial charge in [-0.3, -0.25) is 0 Å². The third kappa shape index (κ3) is 3.62. The molecule has 0 spiro atoms. The Morgan fingerprint density at radius 2 is 2.12 bits per heavy atom. The summed E-state index contributed by atoms with van der Waals surface area (Å²) in [5, 5.41) is 2.81. The maximum Gasteiger partial charge on any atom is 0.452 e. The molecule has 1 fully saturated rings. The summed E-state index contributed by atoms with van der Waals surface area (Å²) in [6.45, 7) is 0.686. The highest BCUT2D eigenvalue weighted by Gasteiger charge is 2.36. The number of aromatic nitrogens is 1. The van der Waals surface area contributed by atoms with E-state index in [4.69, 9.17) is 9.15 Å². The minimum absolute atomic E-state index is 0.0978. The van der Waals surface area contributed by atoms with Gasteiger partial charge < -0.3 is 13.7 Å². The number of alkyl halides is 3. The van der Waals surface area contributed by atoms with Gasteiger partial charge in [0.15, 0.2) is 5.76 Å². The zero-order valence-corrected chi connectivity index (χ0v) is 13.0. The summed E-state index contributed by atoms with van der Waals surface area (Å²) in [7, 11) is -3.93. The topological polar surface area (TPSA) is 94.6 Å². The fourth-order valence-electron chi connectivity index (χ4n) is 2.21. The summed E-state index contributed by atoms with van der Waals surface area (Å²) >= 11 is 0. The molecule has 0 radical (unpaired) electrons. The largest absolute Gasteiger partial charge is 0.452 e. The zero-order valence-electron chi connectivity index (χ0n) is 12.2. The summed E-state index contributed by atoms with van der Waals surface area (Å²) in [6.07, 6.45) is -3.26. The van der Waals surface area contributed by atoms with E-state index in [1.54, 1.807) is 0 Å². The Labute approximate surface area is 134 Å². The Bertz CT molecular complexity index is 806. The van der Waals surface area contributed by atoms with Crippen LogP contribution in [0, 0.1) is 0 Å².